The molecule has 0 N–H and O–H groups in total. The number of benzene rings is 1. The van der Waals surface area contributed by atoms with Crippen LogP contribution in [0.4, 0.5) is 5.95 Å². The van der Waals surface area contributed by atoms with Gasteiger partial charge in [0.15, 0.2) is 0 Å². The fraction of sp³-hybridized carbons (Fsp3) is 0.375. The Hall–Kier alpha value is -1.38. The zero-order chi connectivity index (χ0) is 18.0. The highest BCUT2D eigenvalue weighted by Gasteiger charge is 2.28. The lowest BCUT2D eigenvalue weighted by atomic mass is 10.3. The fourth-order valence-corrected chi connectivity index (χ4v) is 3.97. The Labute approximate surface area is 160 Å². The average Bonchev–Trinajstić information content (AvgIpc) is 3.40. The van der Waals surface area contributed by atoms with E-state index in [9.17, 15) is 8.42 Å². The molecule has 1 heterocycles. The van der Waals surface area contributed by atoms with Crippen LogP contribution >= 0.6 is 27.5 Å². The summed E-state index contributed by atoms with van der Waals surface area (Å²) in [5, 5.41) is 0.318. The molecule has 0 atom stereocenters. The molecule has 3 rings (SSSR count). The molecule has 0 aliphatic heterocycles. The van der Waals surface area contributed by atoms with Gasteiger partial charge in [0, 0.05) is 24.5 Å². The summed E-state index contributed by atoms with van der Waals surface area (Å²) in [6.07, 6.45) is 6.34. The Kier molecular flexibility index (Phi) is 5.50. The maximum atomic E-state index is 13.0. The molecule has 9 heteroatoms. The molecule has 1 fully saturated rings. The summed E-state index contributed by atoms with van der Waals surface area (Å²) in [6, 6.07) is 4.58. The molecule has 0 amide bonds. The zero-order valence-electron chi connectivity index (χ0n) is 13.5. The molecule has 0 spiro atoms. The van der Waals surface area contributed by atoms with Gasteiger partial charge in [-0.1, -0.05) is 24.4 Å². The Morgan fingerprint density at radius 2 is 2.00 bits per heavy atom. The molecule has 1 saturated carbocycles. The molecule has 0 radical (unpaired) electrons. The molecule has 134 valence electrons. The van der Waals surface area contributed by atoms with Crippen molar-refractivity contribution in [2.75, 3.05) is 18.0 Å². The number of halogens is 2. The van der Waals surface area contributed by atoms with Crippen molar-refractivity contribution in [2.24, 2.45) is 5.92 Å². The molecule has 0 unspecified atom stereocenters. The summed E-state index contributed by atoms with van der Waals surface area (Å²) in [5.41, 5.74) is 0. The van der Waals surface area contributed by atoms with E-state index >= 15 is 0 Å². The third kappa shape index (κ3) is 4.43. The lowest BCUT2D eigenvalue weighted by Crippen LogP contribution is -2.28. The molecule has 1 aliphatic carbocycles. The normalized spacial score (nSPS) is 14.4. The van der Waals surface area contributed by atoms with Crippen molar-refractivity contribution in [3.63, 3.8) is 0 Å². The number of anilines is 1. The molecule has 1 aromatic carbocycles. The van der Waals surface area contributed by atoms with Gasteiger partial charge in [-0.25, -0.2) is 22.7 Å². The number of ether oxygens (including phenoxy) is 1. The van der Waals surface area contributed by atoms with Crippen LogP contribution in [-0.2, 0) is 10.0 Å². The number of nitrogens with zero attached hydrogens (tertiary/aromatic N) is 3. The number of rotatable bonds is 7. The van der Waals surface area contributed by atoms with Gasteiger partial charge in [-0.2, -0.15) is 0 Å². The first-order valence-electron chi connectivity index (χ1n) is 7.77. The van der Waals surface area contributed by atoms with Crippen molar-refractivity contribution in [1.82, 2.24) is 9.97 Å². The van der Waals surface area contributed by atoms with Gasteiger partial charge in [-0.15, -0.1) is 0 Å². The predicted molar refractivity (Wildman–Crippen MR) is 99.6 cm³/mol. The second-order valence-electron chi connectivity index (χ2n) is 5.85. The second-order valence-corrected chi connectivity index (χ2v) is 9.14. The quantitative estimate of drug-likeness (QED) is 0.645. The standard InChI is InChI=1S/C16H17BrClN3O3S/c1-21(16-19-9-12(17)10-20-16)25(22,23)15-8-13(18)4-5-14(15)24-7-6-11-2-3-11/h4-5,8-11H,2-3,6-7H2,1H3. The van der Waals surface area contributed by atoms with Gasteiger partial charge in [0.25, 0.3) is 10.0 Å². The van der Waals surface area contributed by atoms with Crippen molar-refractivity contribution in [3.8, 4) is 5.75 Å². The van der Waals surface area contributed by atoms with Crippen molar-refractivity contribution in [1.29, 1.82) is 0 Å². The van der Waals surface area contributed by atoms with Crippen LogP contribution < -0.4 is 9.04 Å². The zero-order valence-corrected chi connectivity index (χ0v) is 16.7. The van der Waals surface area contributed by atoms with Gasteiger partial charge in [0.05, 0.1) is 11.1 Å². The van der Waals surface area contributed by atoms with Gasteiger partial charge in [0.1, 0.15) is 10.6 Å². The highest BCUT2D eigenvalue weighted by molar-refractivity contribution is 9.10. The third-order valence-corrected chi connectivity index (χ3v) is 6.32. The molecule has 25 heavy (non-hydrogen) atoms. The Morgan fingerprint density at radius 1 is 1.32 bits per heavy atom. The van der Waals surface area contributed by atoms with Crippen molar-refractivity contribution in [2.45, 2.75) is 24.2 Å². The minimum absolute atomic E-state index is 0.00446. The smallest absolute Gasteiger partial charge is 0.270 e. The van der Waals surface area contributed by atoms with Crippen LogP contribution in [0.3, 0.4) is 0 Å². The fourth-order valence-electron chi connectivity index (χ4n) is 2.27. The highest BCUT2D eigenvalue weighted by atomic mass is 79.9. The first kappa shape index (κ1) is 18.4. The van der Waals surface area contributed by atoms with Crippen molar-refractivity contribution < 1.29 is 13.2 Å². The summed E-state index contributed by atoms with van der Waals surface area (Å²) in [5.74, 6) is 1.05. The maximum absolute atomic E-state index is 13.0. The van der Waals surface area contributed by atoms with E-state index < -0.39 is 10.0 Å². The molecular weight excluding hydrogens is 430 g/mol. The number of aromatic nitrogens is 2. The summed E-state index contributed by atoms with van der Waals surface area (Å²) in [7, 11) is -2.51. The minimum atomic E-state index is -3.91. The molecule has 0 bridgehead atoms. The first-order chi connectivity index (χ1) is 11.9. The van der Waals surface area contributed by atoms with E-state index in [1.54, 1.807) is 12.1 Å². The summed E-state index contributed by atoms with van der Waals surface area (Å²) < 4.78 is 33.4. The number of sulfonamides is 1. The number of hydrogen-bond acceptors (Lipinski definition) is 5. The van der Waals surface area contributed by atoms with E-state index in [-0.39, 0.29) is 16.6 Å². The average molecular weight is 447 g/mol. The lowest BCUT2D eigenvalue weighted by molar-refractivity contribution is 0.295. The molecule has 1 aromatic heterocycles. The summed E-state index contributed by atoms with van der Waals surface area (Å²) >= 11 is 9.24. The van der Waals surface area contributed by atoms with Crippen LogP contribution in [-0.4, -0.2) is 32.0 Å². The molecule has 2 aromatic rings. The Morgan fingerprint density at radius 3 is 2.64 bits per heavy atom. The van der Waals surface area contributed by atoms with Crippen LogP contribution in [0.2, 0.25) is 5.02 Å². The van der Waals surface area contributed by atoms with Crippen LogP contribution in [0.1, 0.15) is 19.3 Å². The van der Waals surface area contributed by atoms with Crippen LogP contribution in [0.5, 0.6) is 5.75 Å². The largest absolute Gasteiger partial charge is 0.492 e. The Balaban J connectivity index is 1.88. The van der Waals surface area contributed by atoms with Gasteiger partial charge in [0.2, 0.25) is 5.95 Å². The highest BCUT2D eigenvalue weighted by Crippen LogP contribution is 2.34. The van der Waals surface area contributed by atoms with Crippen LogP contribution in [0.15, 0.2) is 40.0 Å². The first-order valence-corrected chi connectivity index (χ1v) is 10.4. The summed E-state index contributed by atoms with van der Waals surface area (Å²) in [6.45, 7) is 0.479. The van der Waals surface area contributed by atoms with Gasteiger partial charge < -0.3 is 4.74 Å². The van der Waals surface area contributed by atoms with E-state index in [1.165, 1.54) is 38.3 Å². The van der Waals surface area contributed by atoms with E-state index in [0.717, 1.165) is 10.7 Å². The van der Waals surface area contributed by atoms with Gasteiger partial charge >= 0.3 is 0 Å². The van der Waals surface area contributed by atoms with E-state index in [1.807, 2.05) is 0 Å². The molecule has 6 nitrogen and oxygen atoms in total. The minimum Gasteiger partial charge on any atom is -0.492 e. The van der Waals surface area contributed by atoms with E-state index in [4.69, 9.17) is 16.3 Å². The topological polar surface area (TPSA) is 72.4 Å². The summed E-state index contributed by atoms with van der Waals surface area (Å²) in [4.78, 5) is 8.07. The molecule has 1 aliphatic rings. The van der Waals surface area contributed by atoms with Crippen LogP contribution in [0, 0.1) is 5.92 Å². The van der Waals surface area contributed by atoms with Gasteiger partial charge in [-0.05, 0) is 46.5 Å². The lowest BCUT2D eigenvalue weighted by Gasteiger charge is -2.19. The monoisotopic (exact) mass is 445 g/mol. The predicted octanol–water partition coefficient (Wildman–Crippen LogP) is 3.90. The second kappa shape index (κ2) is 7.47. The van der Waals surface area contributed by atoms with E-state index in [2.05, 4.69) is 25.9 Å². The Bertz CT molecular complexity index is 857. The van der Waals surface area contributed by atoms with Crippen LogP contribution in [0.25, 0.3) is 0 Å². The molecular formula is C16H17BrClN3O3S. The van der Waals surface area contributed by atoms with Gasteiger partial charge in [-0.3, -0.25) is 0 Å². The van der Waals surface area contributed by atoms with Crippen molar-refractivity contribution in [3.05, 3.63) is 40.1 Å². The van der Waals surface area contributed by atoms with E-state index in [0.29, 0.717) is 22.0 Å². The maximum Gasteiger partial charge on any atom is 0.270 e. The van der Waals surface area contributed by atoms with Crippen molar-refractivity contribution >= 4 is 43.5 Å². The number of hydrogen-bond donors (Lipinski definition) is 0. The third-order valence-electron chi connectivity index (χ3n) is 3.91. The SMILES string of the molecule is CN(c1ncc(Br)cn1)S(=O)(=O)c1cc(Cl)ccc1OCCC1CC1. The molecule has 0 saturated heterocycles.